The predicted octanol–water partition coefficient (Wildman–Crippen LogP) is 1.42. The van der Waals surface area contributed by atoms with Crippen molar-refractivity contribution in [2.75, 3.05) is 5.75 Å². The Morgan fingerprint density at radius 1 is 2.00 bits per heavy atom. The van der Waals surface area contributed by atoms with E-state index in [1.807, 2.05) is 6.92 Å². The molecule has 40 valence electrons. The zero-order valence-corrected chi connectivity index (χ0v) is 5.64. The lowest BCUT2D eigenvalue weighted by atomic mass is 10.5. The Bertz CT molecular complexity index is 91.7. The molecule has 1 rings (SSSR count). The van der Waals surface area contributed by atoms with Gasteiger partial charge in [-0.05, 0) is 19.1 Å². The van der Waals surface area contributed by atoms with Crippen LogP contribution in [-0.2, 0) is 4.74 Å². The lowest BCUT2D eigenvalue weighted by Gasteiger charge is -1.96. The van der Waals surface area contributed by atoms with Crippen molar-refractivity contribution in [3.05, 3.63) is 0 Å². The highest BCUT2D eigenvalue weighted by Crippen LogP contribution is 2.18. The molecule has 1 unspecified atom stereocenters. The van der Waals surface area contributed by atoms with Crippen molar-refractivity contribution in [1.82, 2.24) is 0 Å². The maximum absolute atomic E-state index is 5.06. The second-order valence-corrected chi connectivity index (χ2v) is 3.11. The highest BCUT2D eigenvalue weighted by molar-refractivity contribution is 8.22. The SMILES string of the molecule is CC1CSC(=S)O1. The van der Waals surface area contributed by atoms with E-state index in [1.165, 1.54) is 0 Å². The smallest absolute Gasteiger partial charge is 0.220 e. The molecule has 0 N–H and O–H groups in total. The molecule has 0 aliphatic carbocycles. The molecule has 1 fully saturated rings. The third kappa shape index (κ3) is 1.31. The van der Waals surface area contributed by atoms with Crippen molar-refractivity contribution in [2.45, 2.75) is 13.0 Å². The van der Waals surface area contributed by atoms with Gasteiger partial charge in [0.05, 0.1) is 0 Å². The Balaban J connectivity index is 2.40. The Kier molecular flexibility index (Phi) is 1.54. The highest BCUT2D eigenvalue weighted by Gasteiger charge is 2.14. The molecule has 3 heteroatoms. The van der Waals surface area contributed by atoms with Gasteiger partial charge in [0.2, 0.25) is 4.38 Å². The molecule has 1 atom stereocenters. The number of hydrogen-bond acceptors (Lipinski definition) is 3. The first-order chi connectivity index (χ1) is 3.29. The monoisotopic (exact) mass is 134 g/mol. The maximum Gasteiger partial charge on any atom is 0.220 e. The van der Waals surface area contributed by atoms with Crippen molar-refractivity contribution in [3.63, 3.8) is 0 Å². The summed E-state index contributed by atoms with van der Waals surface area (Å²) in [5, 5.41) is 0. The molecule has 0 bridgehead atoms. The first kappa shape index (κ1) is 5.38. The van der Waals surface area contributed by atoms with Crippen LogP contribution in [0.1, 0.15) is 6.92 Å². The summed E-state index contributed by atoms with van der Waals surface area (Å²) in [6, 6.07) is 0. The number of thioether (sulfide) groups is 1. The maximum atomic E-state index is 5.06. The van der Waals surface area contributed by atoms with E-state index in [0.717, 1.165) is 5.75 Å². The predicted molar refractivity (Wildman–Crippen MR) is 35.6 cm³/mol. The van der Waals surface area contributed by atoms with Crippen LogP contribution in [0.5, 0.6) is 0 Å². The normalized spacial score (nSPS) is 30.4. The molecule has 0 amide bonds. The summed E-state index contributed by atoms with van der Waals surface area (Å²) in [6.07, 6.45) is 0.345. The van der Waals surface area contributed by atoms with Crippen LogP contribution in [0.25, 0.3) is 0 Å². The fourth-order valence-electron chi connectivity index (χ4n) is 0.418. The van der Waals surface area contributed by atoms with Gasteiger partial charge in [0.25, 0.3) is 0 Å². The van der Waals surface area contributed by atoms with Crippen molar-refractivity contribution in [3.8, 4) is 0 Å². The summed E-state index contributed by atoms with van der Waals surface area (Å²) in [5.41, 5.74) is 0. The van der Waals surface area contributed by atoms with Gasteiger partial charge in [-0.25, -0.2) is 0 Å². The summed E-state index contributed by atoms with van der Waals surface area (Å²) in [7, 11) is 0. The summed E-state index contributed by atoms with van der Waals surface area (Å²) < 4.78 is 5.76. The molecule has 1 nitrogen and oxygen atoms in total. The lowest BCUT2D eigenvalue weighted by Crippen LogP contribution is -2.00. The standard InChI is InChI=1S/C4H6OS2/c1-3-2-7-4(6)5-3/h3H,2H2,1H3. The van der Waals surface area contributed by atoms with E-state index in [0.29, 0.717) is 10.5 Å². The van der Waals surface area contributed by atoms with Gasteiger partial charge in [0.1, 0.15) is 6.10 Å². The van der Waals surface area contributed by atoms with Gasteiger partial charge in [-0.15, -0.1) is 0 Å². The van der Waals surface area contributed by atoms with Gasteiger partial charge in [0, 0.05) is 5.75 Å². The van der Waals surface area contributed by atoms with Crippen LogP contribution in [0.15, 0.2) is 0 Å². The van der Waals surface area contributed by atoms with Crippen LogP contribution in [0.3, 0.4) is 0 Å². The average Bonchev–Trinajstić information content (AvgIpc) is 1.87. The number of rotatable bonds is 0. The lowest BCUT2D eigenvalue weighted by molar-refractivity contribution is 0.258. The zero-order chi connectivity index (χ0) is 5.28. The Morgan fingerprint density at radius 3 is 2.86 bits per heavy atom. The van der Waals surface area contributed by atoms with Crippen molar-refractivity contribution in [1.29, 1.82) is 0 Å². The molecule has 7 heavy (non-hydrogen) atoms. The third-order valence-electron chi connectivity index (χ3n) is 0.733. The minimum absolute atomic E-state index is 0.345. The molecular weight excluding hydrogens is 128 g/mol. The van der Waals surface area contributed by atoms with Crippen LogP contribution >= 0.6 is 24.0 Å². The minimum atomic E-state index is 0.345. The average molecular weight is 134 g/mol. The molecule has 1 heterocycles. The molecule has 1 saturated heterocycles. The molecule has 0 aromatic heterocycles. The Morgan fingerprint density at radius 2 is 2.71 bits per heavy atom. The molecule has 0 radical (unpaired) electrons. The third-order valence-corrected chi connectivity index (χ3v) is 2.15. The van der Waals surface area contributed by atoms with Crippen LogP contribution in [0, 0.1) is 0 Å². The Labute approximate surface area is 52.4 Å². The molecule has 0 aromatic carbocycles. The number of thiocarbonyl (C=S) groups is 1. The van der Waals surface area contributed by atoms with E-state index in [2.05, 4.69) is 0 Å². The van der Waals surface area contributed by atoms with E-state index in [-0.39, 0.29) is 0 Å². The van der Waals surface area contributed by atoms with Crippen molar-refractivity contribution in [2.24, 2.45) is 0 Å². The van der Waals surface area contributed by atoms with Gasteiger partial charge in [-0.2, -0.15) is 0 Å². The summed E-state index contributed by atoms with van der Waals surface area (Å²) in [5.74, 6) is 1.03. The van der Waals surface area contributed by atoms with Crippen molar-refractivity contribution < 1.29 is 4.74 Å². The fraction of sp³-hybridized carbons (Fsp3) is 0.750. The van der Waals surface area contributed by atoms with Gasteiger partial charge in [0.15, 0.2) is 0 Å². The van der Waals surface area contributed by atoms with E-state index in [1.54, 1.807) is 11.8 Å². The van der Waals surface area contributed by atoms with Crippen molar-refractivity contribution >= 4 is 28.4 Å². The van der Waals surface area contributed by atoms with E-state index in [9.17, 15) is 0 Å². The summed E-state index contributed by atoms with van der Waals surface area (Å²) >= 11 is 6.35. The highest BCUT2D eigenvalue weighted by atomic mass is 32.2. The molecule has 0 aromatic rings. The molecule has 0 spiro atoms. The molecule has 1 aliphatic heterocycles. The largest absolute Gasteiger partial charge is 0.475 e. The van der Waals surface area contributed by atoms with E-state index in [4.69, 9.17) is 17.0 Å². The molecule has 0 saturated carbocycles. The van der Waals surface area contributed by atoms with Crippen LogP contribution in [0.2, 0.25) is 0 Å². The quantitative estimate of drug-likeness (QED) is 0.464. The van der Waals surface area contributed by atoms with Crippen LogP contribution in [-0.4, -0.2) is 16.2 Å². The molecular formula is C4H6OS2. The zero-order valence-electron chi connectivity index (χ0n) is 4.01. The van der Waals surface area contributed by atoms with Crippen LogP contribution in [0.4, 0.5) is 0 Å². The molecule has 1 aliphatic rings. The number of hydrogen-bond donors (Lipinski definition) is 0. The second kappa shape index (κ2) is 2.01. The minimum Gasteiger partial charge on any atom is -0.475 e. The van der Waals surface area contributed by atoms with E-state index < -0.39 is 0 Å². The summed E-state index contributed by atoms with van der Waals surface area (Å²) in [6.45, 7) is 2.02. The van der Waals surface area contributed by atoms with Crippen LogP contribution < -0.4 is 0 Å². The second-order valence-electron chi connectivity index (χ2n) is 1.49. The topological polar surface area (TPSA) is 9.23 Å². The van der Waals surface area contributed by atoms with Gasteiger partial charge >= 0.3 is 0 Å². The Hall–Kier alpha value is 0.240. The van der Waals surface area contributed by atoms with Gasteiger partial charge in [-0.3, -0.25) is 0 Å². The van der Waals surface area contributed by atoms with E-state index >= 15 is 0 Å². The summed E-state index contributed by atoms with van der Waals surface area (Å²) in [4.78, 5) is 0. The first-order valence-electron chi connectivity index (χ1n) is 2.12. The first-order valence-corrected chi connectivity index (χ1v) is 3.52. The van der Waals surface area contributed by atoms with Gasteiger partial charge < -0.3 is 4.74 Å². The number of ether oxygens (including phenoxy) is 1. The fourth-order valence-corrected chi connectivity index (χ4v) is 1.46. The van der Waals surface area contributed by atoms with Gasteiger partial charge in [-0.1, -0.05) is 11.8 Å².